The van der Waals surface area contributed by atoms with Crippen molar-refractivity contribution in [3.8, 4) is 5.75 Å². The molecular formula is C36H58O. The van der Waals surface area contributed by atoms with Crippen molar-refractivity contribution in [3.05, 3.63) is 48.1 Å². The molecule has 1 heteroatoms. The monoisotopic (exact) mass is 506 g/mol. The molecule has 1 aromatic rings. The second kappa shape index (κ2) is 18.7. The second-order valence-electron chi connectivity index (χ2n) is 12.1. The van der Waals surface area contributed by atoms with Gasteiger partial charge in [0.05, 0.1) is 6.61 Å². The first-order valence-corrected chi connectivity index (χ1v) is 16.4. The van der Waals surface area contributed by atoms with E-state index in [2.05, 4.69) is 56.3 Å². The molecule has 0 heterocycles. The zero-order valence-electron chi connectivity index (χ0n) is 24.5. The van der Waals surface area contributed by atoms with E-state index in [1.165, 1.54) is 140 Å². The zero-order chi connectivity index (χ0) is 26.0. The predicted octanol–water partition coefficient (Wildman–Crippen LogP) is 11.7. The molecule has 0 radical (unpaired) electrons. The fraction of sp³-hybridized carbons (Fsp3) is 0.722. The van der Waals surface area contributed by atoms with Crippen molar-refractivity contribution in [1.29, 1.82) is 0 Å². The lowest BCUT2D eigenvalue weighted by Gasteiger charge is -2.33. The Morgan fingerprint density at radius 3 is 1.86 bits per heavy atom. The smallest absolute Gasteiger partial charge is 0.119 e. The highest BCUT2D eigenvalue weighted by molar-refractivity contribution is 5.75. The summed E-state index contributed by atoms with van der Waals surface area (Å²) in [4.78, 5) is 0. The minimum atomic E-state index is 0.757. The Balaban J connectivity index is 1.27. The molecule has 0 amide bonds. The molecule has 0 spiro atoms. The van der Waals surface area contributed by atoms with Gasteiger partial charge >= 0.3 is 0 Å². The van der Waals surface area contributed by atoms with E-state index in [0.29, 0.717) is 0 Å². The van der Waals surface area contributed by atoms with Gasteiger partial charge in [0.25, 0.3) is 0 Å². The van der Waals surface area contributed by atoms with Gasteiger partial charge in [-0.1, -0.05) is 147 Å². The van der Waals surface area contributed by atoms with Crippen LogP contribution in [0.1, 0.15) is 148 Å². The molecule has 1 unspecified atom stereocenters. The molecule has 0 N–H and O–H groups in total. The van der Waals surface area contributed by atoms with E-state index in [1.807, 2.05) is 0 Å². The van der Waals surface area contributed by atoms with Crippen molar-refractivity contribution in [1.82, 2.24) is 0 Å². The minimum absolute atomic E-state index is 0.757. The van der Waals surface area contributed by atoms with Crippen LogP contribution in [0.4, 0.5) is 0 Å². The van der Waals surface area contributed by atoms with Crippen LogP contribution in [0, 0.1) is 17.8 Å². The van der Waals surface area contributed by atoms with Crippen LogP contribution in [0.3, 0.4) is 0 Å². The molecule has 37 heavy (non-hydrogen) atoms. The third-order valence-electron chi connectivity index (χ3n) is 9.05. The predicted molar refractivity (Wildman–Crippen MR) is 163 cm³/mol. The summed E-state index contributed by atoms with van der Waals surface area (Å²) in [6, 6.07) is 8.80. The highest BCUT2D eigenvalue weighted by atomic mass is 16.5. The first kappa shape index (κ1) is 30.0. The normalized spacial score (nSPS) is 21.7. The first-order valence-electron chi connectivity index (χ1n) is 16.4. The van der Waals surface area contributed by atoms with Gasteiger partial charge < -0.3 is 4.74 Å². The van der Waals surface area contributed by atoms with E-state index >= 15 is 0 Å². The Bertz CT molecular complexity index is 749. The number of hydrogen-bond donors (Lipinski definition) is 0. The van der Waals surface area contributed by atoms with Crippen LogP contribution in [0.2, 0.25) is 0 Å². The fourth-order valence-corrected chi connectivity index (χ4v) is 6.49. The lowest BCUT2D eigenvalue weighted by atomic mass is 9.72. The first-order chi connectivity index (χ1) is 18.3. The van der Waals surface area contributed by atoms with Gasteiger partial charge in [-0.15, -0.1) is 0 Å². The van der Waals surface area contributed by atoms with E-state index in [-0.39, 0.29) is 0 Å². The Morgan fingerprint density at radius 1 is 0.676 bits per heavy atom. The summed E-state index contributed by atoms with van der Waals surface area (Å²) in [5.74, 6) is 3.69. The molecule has 3 rings (SSSR count). The maximum atomic E-state index is 6.01. The summed E-state index contributed by atoms with van der Waals surface area (Å²) in [5.41, 5.74) is 2.72. The highest BCUT2D eigenvalue weighted by Crippen LogP contribution is 2.39. The van der Waals surface area contributed by atoms with Crippen LogP contribution in [-0.2, 0) is 0 Å². The van der Waals surface area contributed by atoms with E-state index < -0.39 is 0 Å². The molecule has 1 fully saturated rings. The Morgan fingerprint density at radius 2 is 1.27 bits per heavy atom. The lowest BCUT2D eigenvalue weighted by Crippen LogP contribution is -2.21. The standard InChI is InChI=1S/C36H58O/c1-3-5-7-9-11-12-14-16-30-37-36-28-26-35(27-29-36)34-24-22-33(23-25-34)32-20-18-31(19-21-32)17-15-13-10-8-6-4-2/h22,24-29,31-33H,3-21,23,30H2,1-2H3. The maximum Gasteiger partial charge on any atom is 0.119 e. The van der Waals surface area contributed by atoms with Gasteiger partial charge in [-0.3, -0.25) is 0 Å². The minimum Gasteiger partial charge on any atom is -0.494 e. The lowest BCUT2D eigenvalue weighted by molar-refractivity contribution is 0.218. The van der Waals surface area contributed by atoms with Crippen LogP contribution in [0.25, 0.3) is 5.57 Å². The SMILES string of the molecule is CCCCCCCCCCOc1ccc(C2=CCC(C3CCC(CCCCCCCC)CC3)C=C2)cc1. The van der Waals surface area contributed by atoms with Crippen molar-refractivity contribution in [3.63, 3.8) is 0 Å². The third kappa shape index (κ3) is 11.8. The van der Waals surface area contributed by atoms with Gasteiger partial charge in [-0.2, -0.15) is 0 Å². The van der Waals surface area contributed by atoms with Crippen LogP contribution >= 0.6 is 0 Å². The topological polar surface area (TPSA) is 9.23 Å². The van der Waals surface area contributed by atoms with Crippen molar-refractivity contribution in [2.24, 2.45) is 17.8 Å². The summed E-state index contributed by atoms with van der Waals surface area (Å²) < 4.78 is 6.01. The Hall–Kier alpha value is -1.50. The number of unbranched alkanes of at least 4 members (excludes halogenated alkanes) is 12. The summed E-state index contributed by atoms with van der Waals surface area (Å²) in [7, 11) is 0. The average molecular weight is 507 g/mol. The summed E-state index contributed by atoms with van der Waals surface area (Å²) in [6.07, 6.45) is 35.3. The molecule has 1 atom stereocenters. The number of ether oxygens (including phenoxy) is 1. The van der Waals surface area contributed by atoms with E-state index in [1.54, 1.807) is 0 Å². The molecule has 0 saturated heterocycles. The highest BCUT2D eigenvalue weighted by Gasteiger charge is 2.26. The molecule has 0 aliphatic heterocycles. The van der Waals surface area contributed by atoms with Gasteiger partial charge in [0.2, 0.25) is 0 Å². The number of hydrogen-bond acceptors (Lipinski definition) is 1. The van der Waals surface area contributed by atoms with Crippen LogP contribution in [0.5, 0.6) is 5.75 Å². The van der Waals surface area contributed by atoms with E-state index in [0.717, 1.165) is 30.1 Å². The molecule has 1 nitrogen and oxygen atoms in total. The van der Waals surface area contributed by atoms with Gasteiger partial charge in [-0.05, 0) is 66.7 Å². The second-order valence-corrected chi connectivity index (χ2v) is 12.1. The third-order valence-corrected chi connectivity index (χ3v) is 9.05. The van der Waals surface area contributed by atoms with E-state index in [4.69, 9.17) is 4.74 Å². The van der Waals surface area contributed by atoms with Gasteiger partial charge in [-0.25, -0.2) is 0 Å². The van der Waals surface area contributed by atoms with Crippen molar-refractivity contribution >= 4 is 5.57 Å². The number of benzene rings is 1. The van der Waals surface area contributed by atoms with Crippen LogP contribution in [-0.4, -0.2) is 6.61 Å². The van der Waals surface area contributed by atoms with E-state index in [9.17, 15) is 0 Å². The van der Waals surface area contributed by atoms with Crippen LogP contribution < -0.4 is 4.74 Å². The summed E-state index contributed by atoms with van der Waals surface area (Å²) in [6.45, 7) is 5.44. The summed E-state index contributed by atoms with van der Waals surface area (Å²) in [5, 5.41) is 0. The fourth-order valence-electron chi connectivity index (χ4n) is 6.49. The van der Waals surface area contributed by atoms with Crippen molar-refractivity contribution < 1.29 is 4.74 Å². The maximum absolute atomic E-state index is 6.01. The van der Waals surface area contributed by atoms with Crippen LogP contribution in [0.15, 0.2) is 42.5 Å². The Kier molecular flexibility index (Phi) is 15.2. The molecule has 0 aromatic heterocycles. The van der Waals surface area contributed by atoms with Gasteiger partial charge in [0.1, 0.15) is 5.75 Å². The number of rotatable bonds is 19. The van der Waals surface area contributed by atoms with Crippen molar-refractivity contribution in [2.45, 2.75) is 142 Å². The zero-order valence-corrected chi connectivity index (χ0v) is 24.5. The molecule has 2 aliphatic carbocycles. The van der Waals surface area contributed by atoms with Crippen molar-refractivity contribution in [2.75, 3.05) is 6.61 Å². The molecule has 2 aliphatic rings. The van der Waals surface area contributed by atoms with Gasteiger partial charge in [0, 0.05) is 0 Å². The quantitative estimate of drug-likeness (QED) is 0.169. The molecular weight excluding hydrogens is 448 g/mol. The Labute approximate surface area is 230 Å². The molecule has 208 valence electrons. The largest absolute Gasteiger partial charge is 0.494 e. The summed E-state index contributed by atoms with van der Waals surface area (Å²) >= 11 is 0. The molecule has 1 aromatic carbocycles. The molecule has 1 saturated carbocycles. The van der Waals surface area contributed by atoms with Gasteiger partial charge in [0.15, 0.2) is 0 Å². The number of allylic oxidation sites excluding steroid dienone is 4. The average Bonchev–Trinajstić information content (AvgIpc) is 2.95. The molecule has 0 bridgehead atoms.